The summed E-state index contributed by atoms with van der Waals surface area (Å²) in [6.07, 6.45) is 0. The zero-order valence-electron chi connectivity index (χ0n) is 6.59. The van der Waals surface area contributed by atoms with Gasteiger partial charge in [0.2, 0.25) is 0 Å². The standard InChI is InChI=1S/C9H10FNO/c10-8-3-1-2-6-7(8)4-12-5-9(6)11/h1-3,9H,4-5,11H2/t9-/m0/s1. The lowest BCUT2D eigenvalue weighted by molar-refractivity contribution is 0.0895. The molecule has 0 unspecified atom stereocenters. The van der Waals surface area contributed by atoms with Crippen molar-refractivity contribution in [3.63, 3.8) is 0 Å². The maximum absolute atomic E-state index is 13.1. The summed E-state index contributed by atoms with van der Waals surface area (Å²) in [5, 5.41) is 0. The normalized spacial score (nSPS) is 22.0. The molecule has 0 aliphatic carbocycles. The van der Waals surface area contributed by atoms with E-state index in [2.05, 4.69) is 0 Å². The third kappa shape index (κ3) is 1.11. The smallest absolute Gasteiger partial charge is 0.129 e. The summed E-state index contributed by atoms with van der Waals surface area (Å²) in [6.45, 7) is 0.826. The molecule has 1 atom stereocenters. The van der Waals surface area contributed by atoms with Gasteiger partial charge in [0, 0.05) is 5.56 Å². The fourth-order valence-corrected chi connectivity index (χ4v) is 1.45. The van der Waals surface area contributed by atoms with Gasteiger partial charge in [0.05, 0.1) is 19.3 Å². The topological polar surface area (TPSA) is 35.2 Å². The van der Waals surface area contributed by atoms with Crippen molar-refractivity contribution in [2.75, 3.05) is 6.61 Å². The molecule has 1 aromatic carbocycles. The quantitative estimate of drug-likeness (QED) is 0.633. The van der Waals surface area contributed by atoms with Gasteiger partial charge in [-0.25, -0.2) is 4.39 Å². The van der Waals surface area contributed by atoms with E-state index in [1.165, 1.54) is 6.07 Å². The highest BCUT2D eigenvalue weighted by molar-refractivity contribution is 5.32. The molecule has 0 fully saturated rings. The molecule has 1 heterocycles. The average molecular weight is 167 g/mol. The van der Waals surface area contributed by atoms with Gasteiger partial charge in [-0.3, -0.25) is 0 Å². The van der Waals surface area contributed by atoms with E-state index < -0.39 is 0 Å². The molecule has 12 heavy (non-hydrogen) atoms. The molecule has 0 amide bonds. The fraction of sp³-hybridized carbons (Fsp3) is 0.333. The van der Waals surface area contributed by atoms with Crippen LogP contribution in [0.5, 0.6) is 0 Å². The minimum atomic E-state index is -0.220. The first-order valence-corrected chi connectivity index (χ1v) is 3.89. The Bertz CT molecular complexity index is 301. The van der Waals surface area contributed by atoms with Gasteiger partial charge >= 0.3 is 0 Å². The van der Waals surface area contributed by atoms with Crippen LogP contribution in [0.2, 0.25) is 0 Å². The fourth-order valence-electron chi connectivity index (χ4n) is 1.45. The minimum Gasteiger partial charge on any atom is -0.375 e. The SMILES string of the molecule is N[C@H]1COCc2c(F)cccc21. The van der Waals surface area contributed by atoms with E-state index in [0.717, 1.165) is 5.56 Å². The molecule has 0 radical (unpaired) electrons. The first kappa shape index (κ1) is 7.71. The van der Waals surface area contributed by atoms with Crippen molar-refractivity contribution >= 4 is 0 Å². The maximum Gasteiger partial charge on any atom is 0.129 e. The molecule has 1 aromatic rings. The first-order valence-electron chi connectivity index (χ1n) is 3.89. The van der Waals surface area contributed by atoms with Crippen LogP contribution in [0.25, 0.3) is 0 Å². The highest BCUT2D eigenvalue weighted by Gasteiger charge is 2.19. The molecule has 2 rings (SSSR count). The average Bonchev–Trinajstić information content (AvgIpc) is 2.07. The number of halogens is 1. The van der Waals surface area contributed by atoms with Crippen LogP contribution in [0, 0.1) is 5.82 Å². The molecular formula is C9H10FNO. The predicted molar refractivity (Wildman–Crippen MR) is 43.0 cm³/mol. The number of ether oxygens (including phenoxy) is 1. The number of hydrogen-bond acceptors (Lipinski definition) is 2. The van der Waals surface area contributed by atoms with Gasteiger partial charge in [-0.05, 0) is 11.6 Å². The van der Waals surface area contributed by atoms with Crippen molar-refractivity contribution in [3.05, 3.63) is 35.1 Å². The highest BCUT2D eigenvalue weighted by Crippen LogP contribution is 2.24. The molecule has 3 heteroatoms. The number of fused-ring (bicyclic) bond motifs is 1. The van der Waals surface area contributed by atoms with Crippen molar-refractivity contribution in [2.24, 2.45) is 5.73 Å². The van der Waals surface area contributed by atoms with E-state index in [1.54, 1.807) is 6.07 Å². The molecule has 64 valence electrons. The molecule has 0 saturated carbocycles. The van der Waals surface area contributed by atoms with Crippen LogP contribution in [0.3, 0.4) is 0 Å². The molecule has 0 aromatic heterocycles. The Balaban J connectivity index is 2.52. The largest absolute Gasteiger partial charge is 0.375 e. The Morgan fingerprint density at radius 3 is 3.08 bits per heavy atom. The molecule has 1 aliphatic rings. The van der Waals surface area contributed by atoms with Crippen molar-refractivity contribution in [2.45, 2.75) is 12.6 Å². The summed E-state index contributed by atoms with van der Waals surface area (Å²) in [4.78, 5) is 0. The van der Waals surface area contributed by atoms with Gasteiger partial charge in [-0.1, -0.05) is 12.1 Å². The van der Waals surface area contributed by atoms with Gasteiger partial charge in [-0.15, -0.1) is 0 Å². The van der Waals surface area contributed by atoms with E-state index in [-0.39, 0.29) is 11.9 Å². The summed E-state index contributed by atoms with van der Waals surface area (Å²) >= 11 is 0. The second-order valence-electron chi connectivity index (χ2n) is 2.93. The van der Waals surface area contributed by atoms with Crippen molar-refractivity contribution in [1.82, 2.24) is 0 Å². The van der Waals surface area contributed by atoms with Gasteiger partial charge in [0.25, 0.3) is 0 Å². The van der Waals surface area contributed by atoms with Crippen LogP contribution >= 0.6 is 0 Å². The van der Waals surface area contributed by atoms with Crippen LogP contribution in [0.15, 0.2) is 18.2 Å². The van der Waals surface area contributed by atoms with Gasteiger partial charge in [0.1, 0.15) is 5.82 Å². The number of rotatable bonds is 0. The number of hydrogen-bond donors (Lipinski definition) is 1. The molecule has 1 aliphatic heterocycles. The van der Waals surface area contributed by atoms with Crippen LogP contribution in [0.4, 0.5) is 4.39 Å². The molecule has 0 spiro atoms. The van der Waals surface area contributed by atoms with E-state index in [1.807, 2.05) is 6.07 Å². The van der Waals surface area contributed by atoms with Crippen LogP contribution in [-0.4, -0.2) is 6.61 Å². The Labute approximate surface area is 70.1 Å². The lowest BCUT2D eigenvalue weighted by Gasteiger charge is -2.22. The Hall–Kier alpha value is -0.930. The first-order chi connectivity index (χ1) is 5.79. The molecule has 0 saturated heterocycles. The third-order valence-electron chi connectivity index (χ3n) is 2.10. The van der Waals surface area contributed by atoms with Crippen LogP contribution < -0.4 is 5.73 Å². The maximum atomic E-state index is 13.1. The van der Waals surface area contributed by atoms with Crippen LogP contribution in [0.1, 0.15) is 17.2 Å². The van der Waals surface area contributed by atoms with Crippen LogP contribution in [-0.2, 0) is 11.3 Å². The zero-order valence-corrected chi connectivity index (χ0v) is 6.59. The molecular weight excluding hydrogens is 157 g/mol. The molecule has 2 nitrogen and oxygen atoms in total. The Kier molecular flexibility index (Phi) is 1.83. The van der Waals surface area contributed by atoms with Gasteiger partial charge in [0.15, 0.2) is 0 Å². The van der Waals surface area contributed by atoms with Gasteiger partial charge < -0.3 is 10.5 Å². The lowest BCUT2D eigenvalue weighted by atomic mass is 9.99. The monoisotopic (exact) mass is 167 g/mol. The van der Waals surface area contributed by atoms with E-state index in [0.29, 0.717) is 18.8 Å². The summed E-state index contributed by atoms with van der Waals surface area (Å²) in [5.74, 6) is -0.220. The predicted octanol–water partition coefficient (Wildman–Crippen LogP) is 1.36. The zero-order chi connectivity index (χ0) is 8.55. The third-order valence-corrected chi connectivity index (χ3v) is 2.10. The summed E-state index contributed by atoms with van der Waals surface area (Å²) < 4.78 is 18.2. The van der Waals surface area contributed by atoms with E-state index in [4.69, 9.17) is 10.5 Å². The van der Waals surface area contributed by atoms with Crippen molar-refractivity contribution in [1.29, 1.82) is 0 Å². The molecule has 0 bridgehead atoms. The molecule has 2 N–H and O–H groups in total. The second kappa shape index (κ2) is 2.84. The van der Waals surface area contributed by atoms with Gasteiger partial charge in [-0.2, -0.15) is 0 Å². The number of nitrogens with two attached hydrogens (primary N) is 1. The number of benzene rings is 1. The second-order valence-corrected chi connectivity index (χ2v) is 2.93. The highest BCUT2D eigenvalue weighted by atomic mass is 19.1. The minimum absolute atomic E-state index is 0.176. The summed E-state index contributed by atoms with van der Waals surface area (Å²) in [6, 6.07) is 4.79. The Morgan fingerprint density at radius 2 is 2.33 bits per heavy atom. The Morgan fingerprint density at radius 1 is 1.50 bits per heavy atom. The van der Waals surface area contributed by atoms with Crippen molar-refractivity contribution in [3.8, 4) is 0 Å². The van der Waals surface area contributed by atoms with E-state index >= 15 is 0 Å². The van der Waals surface area contributed by atoms with E-state index in [9.17, 15) is 4.39 Å². The van der Waals surface area contributed by atoms with Crippen molar-refractivity contribution < 1.29 is 9.13 Å². The lowest BCUT2D eigenvalue weighted by Crippen LogP contribution is -2.24. The summed E-state index contributed by atoms with van der Waals surface area (Å²) in [7, 11) is 0. The summed E-state index contributed by atoms with van der Waals surface area (Å²) in [5.41, 5.74) is 7.21.